The van der Waals surface area contributed by atoms with E-state index in [4.69, 9.17) is 6.57 Å². The topological polar surface area (TPSA) is 90.6 Å². The van der Waals surface area contributed by atoms with Crippen molar-refractivity contribution in [1.82, 2.24) is 0 Å². The third kappa shape index (κ3) is 3.54. The zero-order valence-electron chi connectivity index (χ0n) is 11.5. The van der Waals surface area contributed by atoms with E-state index in [9.17, 15) is 24.6 Å². The molecule has 8 heteroatoms. The van der Waals surface area contributed by atoms with Crippen LogP contribution in [0.1, 0.15) is 11.1 Å². The van der Waals surface area contributed by atoms with E-state index in [-0.39, 0.29) is 22.6 Å². The Balaban J connectivity index is 2.41. The van der Waals surface area contributed by atoms with E-state index in [1.807, 2.05) is 0 Å². The molecule has 0 aliphatic rings. The number of rotatable bonds is 4. The molecule has 0 saturated carbocycles. The molecule has 0 N–H and O–H groups in total. The van der Waals surface area contributed by atoms with Crippen LogP contribution < -0.4 is 0 Å². The molecule has 0 saturated heterocycles. The minimum Gasteiger partial charge on any atom is -0.258 e. The average molecular weight is 313 g/mol. The van der Waals surface area contributed by atoms with Gasteiger partial charge in [-0.3, -0.25) is 20.2 Å². The van der Waals surface area contributed by atoms with Gasteiger partial charge in [-0.05, 0) is 17.7 Å². The van der Waals surface area contributed by atoms with Gasteiger partial charge in [-0.2, -0.15) is 0 Å². The van der Waals surface area contributed by atoms with Crippen molar-refractivity contribution in [2.75, 3.05) is 0 Å². The SMILES string of the molecule is [C-]#[N+]C(=Cc1ccc([N+](=O)[O-])cc1F)c1ccc([N+](=O)[O-])cc1. The van der Waals surface area contributed by atoms with Crippen LogP contribution in [-0.2, 0) is 0 Å². The van der Waals surface area contributed by atoms with E-state index in [0.717, 1.165) is 12.1 Å². The molecule has 7 nitrogen and oxygen atoms in total. The van der Waals surface area contributed by atoms with Crippen molar-refractivity contribution in [1.29, 1.82) is 0 Å². The lowest BCUT2D eigenvalue weighted by Crippen LogP contribution is -1.91. The first-order valence-corrected chi connectivity index (χ1v) is 6.20. The maximum atomic E-state index is 13.9. The third-order valence-electron chi connectivity index (χ3n) is 2.98. The summed E-state index contributed by atoms with van der Waals surface area (Å²) in [6.45, 7) is 7.16. The number of non-ortho nitro benzene ring substituents is 2. The molecule has 114 valence electrons. The van der Waals surface area contributed by atoms with Crippen LogP contribution in [0.15, 0.2) is 42.5 Å². The number of nitro benzene ring substituents is 2. The number of hydrogen-bond acceptors (Lipinski definition) is 4. The Morgan fingerprint density at radius 2 is 1.61 bits per heavy atom. The molecular weight excluding hydrogens is 305 g/mol. The summed E-state index contributed by atoms with van der Waals surface area (Å²) >= 11 is 0. The lowest BCUT2D eigenvalue weighted by atomic mass is 10.1. The maximum absolute atomic E-state index is 13.9. The molecule has 0 amide bonds. The van der Waals surface area contributed by atoms with E-state index in [1.54, 1.807) is 0 Å². The highest BCUT2D eigenvalue weighted by molar-refractivity contribution is 5.85. The number of nitrogens with zero attached hydrogens (tertiary/aromatic N) is 3. The van der Waals surface area contributed by atoms with Crippen LogP contribution in [0.4, 0.5) is 15.8 Å². The molecule has 23 heavy (non-hydrogen) atoms. The lowest BCUT2D eigenvalue weighted by Gasteiger charge is -2.01. The fourth-order valence-corrected chi connectivity index (χ4v) is 1.83. The van der Waals surface area contributed by atoms with Gasteiger partial charge in [0.15, 0.2) is 5.70 Å². The smallest absolute Gasteiger partial charge is 0.258 e. The monoisotopic (exact) mass is 313 g/mol. The molecule has 0 radical (unpaired) electrons. The average Bonchev–Trinajstić information content (AvgIpc) is 2.53. The van der Waals surface area contributed by atoms with Crippen molar-refractivity contribution in [2.24, 2.45) is 0 Å². The van der Waals surface area contributed by atoms with Crippen LogP contribution in [-0.4, -0.2) is 9.85 Å². The normalized spacial score (nSPS) is 10.9. The first-order valence-electron chi connectivity index (χ1n) is 6.20. The van der Waals surface area contributed by atoms with Gasteiger partial charge in [-0.25, -0.2) is 9.24 Å². The van der Waals surface area contributed by atoms with Crippen LogP contribution in [0.3, 0.4) is 0 Å². The van der Waals surface area contributed by atoms with Crippen LogP contribution in [0.25, 0.3) is 16.6 Å². The van der Waals surface area contributed by atoms with Gasteiger partial charge in [0, 0.05) is 23.8 Å². The van der Waals surface area contributed by atoms with Crippen molar-refractivity contribution in [3.8, 4) is 0 Å². The summed E-state index contributed by atoms with van der Waals surface area (Å²) in [7, 11) is 0. The maximum Gasteiger partial charge on any atom is 0.272 e. The summed E-state index contributed by atoms with van der Waals surface area (Å²) in [6, 6.07) is 8.33. The quantitative estimate of drug-likeness (QED) is 0.368. The van der Waals surface area contributed by atoms with Gasteiger partial charge < -0.3 is 0 Å². The van der Waals surface area contributed by atoms with E-state index in [0.29, 0.717) is 5.56 Å². The Labute approximate surface area is 129 Å². The lowest BCUT2D eigenvalue weighted by molar-refractivity contribution is -0.385. The van der Waals surface area contributed by atoms with Gasteiger partial charge in [0.2, 0.25) is 0 Å². The van der Waals surface area contributed by atoms with Crippen LogP contribution in [0, 0.1) is 32.6 Å². The van der Waals surface area contributed by atoms with Gasteiger partial charge in [0.05, 0.1) is 22.5 Å². The molecule has 0 aliphatic carbocycles. The van der Waals surface area contributed by atoms with Gasteiger partial charge in [-0.1, -0.05) is 12.1 Å². The summed E-state index contributed by atoms with van der Waals surface area (Å²) in [5.41, 5.74) is -0.0603. The predicted molar refractivity (Wildman–Crippen MR) is 80.6 cm³/mol. The molecule has 0 bridgehead atoms. The molecule has 0 heterocycles. The van der Waals surface area contributed by atoms with Crippen molar-refractivity contribution in [3.63, 3.8) is 0 Å². The highest BCUT2D eigenvalue weighted by atomic mass is 19.1. The second-order valence-corrected chi connectivity index (χ2v) is 4.41. The molecule has 0 fully saturated rings. The van der Waals surface area contributed by atoms with E-state index in [1.165, 1.54) is 36.4 Å². The molecule has 0 atom stereocenters. The second kappa shape index (κ2) is 6.44. The molecule has 2 aromatic rings. The second-order valence-electron chi connectivity index (χ2n) is 4.41. The highest BCUT2D eigenvalue weighted by Crippen LogP contribution is 2.25. The standard InChI is InChI=1S/C15H8FN3O4/c1-17-15(10-2-5-12(6-3-10)18(20)21)8-11-4-7-13(19(22)23)9-14(11)16/h2-9H. The summed E-state index contributed by atoms with van der Waals surface area (Å²) < 4.78 is 13.9. The van der Waals surface area contributed by atoms with Crippen LogP contribution in [0.5, 0.6) is 0 Å². The van der Waals surface area contributed by atoms with Crippen molar-refractivity contribution >= 4 is 23.1 Å². The van der Waals surface area contributed by atoms with Gasteiger partial charge in [-0.15, -0.1) is 0 Å². The van der Waals surface area contributed by atoms with Gasteiger partial charge in [0.25, 0.3) is 11.4 Å². The number of nitro groups is 2. The number of hydrogen-bond donors (Lipinski definition) is 0. The fraction of sp³-hybridized carbons (Fsp3) is 0. The molecule has 2 aromatic carbocycles. The van der Waals surface area contributed by atoms with Crippen LogP contribution >= 0.6 is 0 Å². The minimum atomic E-state index is -0.831. The van der Waals surface area contributed by atoms with Gasteiger partial charge >= 0.3 is 0 Å². The molecule has 0 aromatic heterocycles. The van der Waals surface area contributed by atoms with E-state index in [2.05, 4.69) is 4.85 Å². The Hall–Kier alpha value is -3.60. The summed E-state index contributed by atoms with van der Waals surface area (Å²) in [5.74, 6) is -0.831. The fourth-order valence-electron chi connectivity index (χ4n) is 1.83. The first-order chi connectivity index (χ1) is 10.9. The zero-order valence-corrected chi connectivity index (χ0v) is 11.5. The molecule has 2 rings (SSSR count). The number of halogens is 1. The van der Waals surface area contributed by atoms with E-state index >= 15 is 0 Å². The Bertz CT molecular complexity index is 854. The molecule has 0 spiro atoms. The third-order valence-corrected chi connectivity index (χ3v) is 2.98. The Kier molecular flexibility index (Phi) is 4.42. The predicted octanol–water partition coefficient (Wildman–Crippen LogP) is 4.06. The van der Waals surface area contributed by atoms with Crippen LogP contribution in [0.2, 0.25) is 0 Å². The van der Waals surface area contributed by atoms with Crippen molar-refractivity contribution in [2.45, 2.75) is 0 Å². The van der Waals surface area contributed by atoms with Gasteiger partial charge in [0.1, 0.15) is 5.82 Å². The highest BCUT2D eigenvalue weighted by Gasteiger charge is 2.11. The van der Waals surface area contributed by atoms with Crippen molar-refractivity contribution < 1.29 is 14.2 Å². The first kappa shape index (κ1) is 15.8. The Morgan fingerprint density at radius 3 is 2.09 bits per heavy atom. The summed E-state index contributed by atoms with van der Waals surface area (Å²) in [5, 5.41) is 21.2. The van der Waals surface area contributed by atoms with E-state index < -0.39 is 15.7 Å². The molecule has 0 unspecified atom stereocenters. The summed E-state index contributed by atoms with van der Waals surface area (Å²) in [6.07, 6.45) is 1.23. The summed E-state index contributed by atoms with van der Waals surface area (Å²) in [4.78, 5) is 23.2. The zero-order chi connectivity index (χ0) is 17.0. The largest absolute Gasteiger partial charge is 0.272 e. The molecule has 0 aliphatic heterocycles. The minimum absolute atomic E-state index is 0.0138. The Morgan fingerprint density at radius 1 is 1.04 bits per heavy atom. The number of benzene rings is 2. The van der Waals surface area contributed by atoms with Crippen molar-refractivity contribution in [3.05, 3.63) is 91.1 Å². The molecular formula is C15H8FN3O4.